The molecular formula is C8H10N2O3. The summed E-state index contributed by atoms with van der Waals surface area (Å²) in [5.41, 5.74) is 0.754. The minimum absolute atomic E-state index is 0.0239. The molecule has 13 heavy (non-hydrogen) atoms. The molecule has 0 spiro atoms. The van der Waals surface area contributed by atoms with Crippen molar-refractivity contribution in [1.29, 1.82) is 0 Å². The number of hydrogen-bond donors (Lipinski definition) is 1. The Morgan fingerprint density at radius 2 is 2.23 bits per heavy atom. The largest absolute Gasteiger partial charge is 0.494 e. The summed E-state index contributed by atoms with van der Waals surface area (Å²) >= 11 is 0. The van der Waals surface area contributed by atoms with Gasteiger partial charge in [-0.3, -0.25) is 10.1 Å². The predicted octanol–water partition coefficient (Wildman–Crippen LogP) is 1.65. The van der Waals surface area contributed by atoms with Gasteiger partial charge < -0.3 is 10.1 Å². The molecule has 5 heteroatoms. The van der Waals surface area contributed by atoms with Gasteiger partial charge in [-0.2, -0.15) is 0 Å². The highest BCUT2D eigenvalue weighted by Crippen LogP contribution is 2.28. The fraction of sp³-hybridized carbons (Fsp3) is 0.250. The molecule has 1 rings (SSSR count). The lowest BCUT2D eigenvalue weighted by Crippen LogP contribution is -1.95. The van der Waals surface area contributed by atoms with Crippen LogP contribution in [0, 0.1) is 10.1 Å². The second kappa shape index (κ2) is 3.75. The number of benzene rings is 1. The van der Waals surface area contributed by atoms with Crippen molar-refractivity contribution >= 4 is 11.4 Å². The number of nitrogens with zero attached hydrogens (tertiary/aromatic N) is 1. The second-order valence-corrected chi connectivity index (χ2v) is 2.39. The molecule has 0 aliphatic heterocycles. The summed E-state index contributed by atoms with van der Waals surface area (Å²) in [4.78, 5) is 9.94. The number of non-ortho nitro benzene ring substituents is 1. The lowest BCUT2D eigenvalue weighted by molar-refractivity contribution is -0.384. The highest BCUT2D eigenvalue weighted by atomic mass is 16.6. The third kappa shape index (κ3) is 1.87. The average Bonchev–Trinajstić information content (AvgIpc) is 2.16. The lowest BCUT2D eigenvalue weighted by Gasteiger charge is -2.06. The molecular weight excluding hydrogens is 172 g/mol. The molecule has 1 aromatic carbocycles. The van der Waals surface area contributed by atoms with Crippen LogP contribution in [0.15, 0.2) is 18.2 Å². The van der Waals surface area contributed by atoms with Crippen LogP contribution in [0.2, 0.25) is 0 Å². The quantitative estimate of drug-likeness (QED) is 0.570. The van der Waals surface area contributed by atoms with Crippen LogP contribution in [0.3, 0.4) is 0 Å². The van der Waals surface area contributed by atoms with Gasteiger partial charge in [0.05, 0.1) is 23.8 Å². The normalized spacial score (nSPS) is 9.38. The fourth-order valence-corrected chi connectivity index (χ4v) is 1.00. The molecule has 1 aromatic rings. The van der Waals surface area contributed by atoms with Crippen LogP contribution >= 0.6 is 0 Å². The first-order valence-electron chi connectivity index (χ1n) is 3.69. The van der Waals surface area contributed by atoms with E-state index in [4.69, 9.17) is 4.74 Å². The van der Waals surface area contributed by atoms with E-state index in [0.717, 1.165) is 5.69 Å². The summed E-state index contributed by atoms with van der Waals surface area (Å²) in [6, 6.07) is 4.41. The number of nitro groups is 1. The van der Waals surface area contributed by atoms with Crippen LogP contribution in [0.5, 0.6) is 5.75 Å². The van der Waals surface area contributed by atoms with Gasteiger partial charge in [-0.1, -0.05) is 0 Å². The highest BCUT2D eigenvalue weighted by Gasteiger charge is 2.09. The average molecular weight is 182 g/mol. The fourth-order valence-electron chi connectivity index (χ4n) is 1.00. The number of anilines is 1. The summed E-state index contributed by atoms with van der Waals surface area (Å²) in [7, 11) is 3.20. The Morgan fingerprint density at radius 1 is 1.54 bits per heavy atom. The third-order valence-electron chi connectivity index (χ3n) is 1.67. The third-order valence-corrected chi connectivity index (χ3v) is 1.67. The van der Waals surface area contributed by atoms with Crippen molar-refractivity contribution < 1.29 is 9.66 Å². The van der Waals surface area contributed by atoms with Crippen molar-refractivity contribution in [2.45, 2.75) is 0 Å². The van der Waals surface area contributed by atoms with Crippen LogP contribution in [0.4, 0.5) is 11.4 Å². The van der Waals surface area contributed by atoms with E-state index in [1.54, 1.807) is 13.1 Å². The molecule has 0 saturated heterocycles. The summed E-state index contributed by atoms with van der Waals surface area (Å²) in [6.07, 6.45) is 0. The maximum absolute atomic E-state index is 10.4. The lowest BCUT2D eigenvalue weighted by atomic mass is 10.2. The zero-order valence-corrected chi connectivity index (χ0v) is 7.40. The molecule has 70 valence electrons. The Morgan fingerprint density at radius 3 is 2.69 bits per heavy atom. The van der Waals surface area contributed by atoms with Crippen LogP contribution in [-0.2, 0) is 0 Å². The number of nitro benzene ring substituents is 1. The maximum atomic E-state index is 10.4. The molecule has 0 aliphatic carbocycles. The molecule has 0 atom stereocenters. The molecule has 0 radical (unpaired) electrons. The molecule has 1 N–H and O–H groups in total. The summed E-state index contributed by atoms with van der Waals surface area (Å²) < 4.78 is 4.96. The number of nitrogens with one attached hydrogen (secondary N) is 1. The first kappa shape index (κ1) is 9.31. The van der Waals surface area contributed by atoms with Crippen molar-refractivity contribution in [2.24, 2.45) is 0 Å². The molecule has 0 aliphatic rings. The van der Waals surface area contributed by atoms with Gasteiger partial charge >= 0.3 is 0 Å². The van der Waals surface area contributed by atoms with Crippen LogP contribution in [-0.4, -0.2) is 19.1 Å². The van der Waals surface area contributed by atoms with E-state index in [1.165, 1.54) is 19.2 Å². The number of ether oxygens (including phenoxy) is 1. The predicted molar refractivity (Wildman–Crippen MR) is 49.2 cm³/mol. The Balaban J connectivity index is 3.13. The Hall–Kier alpha value is -1.78. The van der Waals surface area contributed by atoms with Crippen molar-refractivity contribution in [3.63, 3.8) is 0 Å². The van der Waals surface area contributed by atoms with Crippen molar-refractivity contribution in [3.05, 3.63) is 28.3 Å². The number of methoxy groups -OCH3 is 1. The summed E-state index contributed by atoms with van der Waals surface area (Å²) in [5.74, 6) is 0.469. The standard InChI is InChI=1S/C8H10N2O3/c1-9-7-4-3-6(10(11)12)5-8(7)13-2/h3-5,9H,1-2H3. The minimum Gasteiger partial charge on any atom is -0.494 e. The first-order valence-corrected chi connectivity index (χ1v) is 3.69. The minimum atomic E-state index is -0.456. The number of rotatable bonds is 3. The molecule has 5 nitrogen and oxygen atoms in total. The van der Waals surface area contributed by atoms with Gasteiger partial charge in [-0.15, -0.1) is 0 Å². The van der Waals surface area contributed by atoms with Crippen molar-refractivity contribution in [1.82, 2.24) is 0 Å². The molecule has 0 bridgehead atoms. The van der Waals surface area contributed by atoms with Gasteiger partial charge in [0.25, 0.3) is 5.69 Å². The summed E-state index contributed by atoms with van der Waals surface area (Å²) in [6.45, 7) is 0. The van der Waals surface area contributed by atoms with Crippen LogP contribution in [0.1, 0.15) is 0 Å². The smallest absolute Gasteiger partial charge is 0.273 e. The van der Waals surface area contributed by atoms with E-state index >= 15 is 0 Å². The van der Waals surface area contributed by atoms with Crippen molar-refractivity contribution in [2.75, 3.05) is 19.5 Å². The molecule has 0 saturated carbocycles. The van der Waals surface area contributed by atoms with E-state index in [9.17, 15) is 10.1 Å². The van der Waals surface area contributed by atoms with Gasteiger partial charge in [-0.25, -0.2) is 0 Å². The van der Waals surface area contributed by atoms with Gasteiger partial charge in [0.2, 0.25) is 0 Å². The van der Waals surface area contributed by atoms with E-state index in [0.29, 0.717) is 5.75 Å². The molecule has 0 amide bonds. The number of hydrogen-bond acceptors (Lipinski definition) is 4. The van der Waals surface area contributed by atoms with Crippen LogP contribution in [0.25, 0.3) is 0 Å². The van der Waals surface area contributed by atoms with Gasteiger partial charge in [-0.05, 0) is 6.07 Å². The molecule has 0 unspecified atom stereocenters. The monoisotopic (exact) mass is 182 g/mol. The SMILES string of the molecule is CNc1ccc([N+](=O)[O-])cc1OC. The van der Waals surface area contributed by atoms with Crippen molar-refractivity contribution in [3.8, 4) is 5.75 Å². The zero-order chi connectivity index (χ0) is 9.84. The molecule has 0 fully saturated rings. The van der Waals surface area contributed by atoms with Gasteiger partial charge in [0.1, 0.15) is 5.75 Å². The molecule has 0 aromatic heterocycles. The Labute approximate surface area is 75.5 Å². The van der Waals surface area contributed by atoms with Gasteiger partial charge in [0.15, 0.2) is 0 Å². The van der Waals surface area contributed by atoms with E-state index in [-0.39, 0.29) is 5.69 Å². The highest BCUT2D eigenvalue weighted by molar-refractivity contribution is 5.60. The Kier molecular flexibility index (Phi) is 2.69. The second-order valence-electron chi connectivity index (χ2n) is 2.39. The first-order chi connectivity index (χ1) is 6.19. The van der Waals surface area contributed by atoms with E-state index < -0.39 is 4.92 Å². The maximum Gasteiger partial charge on any atom is 0.273 e. The van der Waals surface area contributed by atoms with Crippen LogP contribution < -0.4 is 10.1 Å². The van der Waals surface area contributed by atoms with E-state index in [1.807, 2.05) is 0 Å². The topological polar surface area (TPSA) is 64.4 Å². The zero-order valence-electron chi connectivity index (χ0n) is 7.40. The van der Waals surface area contributed by atoms with E-state index in [2.05, 4.69) is 5.32 Å². The Bertz CT molecular complexity index is 325. The summed E-state index contributed by atoms with van der Waals surface area (Å²) in [5, 5.41) is 13.3. The van der Waals surface area contributed by atoms with Gasteiger partial charge in [0, 0.05) is 13.1 Å². The molecule has 0 heterocycles.